The van der Waals surface area contributed by atoms with Crippen LogP contribution in [0.3, 0.4) is 0 Å². The molecule has 12 heavy (non-hydrogen) atoms. The Labute approximate surface area is 70.0 Å². The molecule has 1 atom stereocenters. The molecule has 7 N–H and O–H groups in total. The lowest BCUT2D eigenvalue weighted by atomic mass is 9.95. The van der Waals surface area contributed by atoms with Crippen molar-refractivity contribution >= 4 is 11.8 Å². The maximum absolute atomic E-state index is 10.8. The predicted octanol–water partition coefficient (Wildman–Crippen LogP) is -1.10. The summed E-state index contributed by atoms with van der Waals surface area (Å²) in [5.41, 5.74) is 2.60. The largest absolute Gasteiger partial charge is 0.479 e. The minimum Gasteiger partial charge on any atom is -0.479 e. The predicted molar refractivity (Wildman–Crippen MR) is 42.0 cm³/mol. The number of carbonyl (C=O) groups is 2. The van der Waals surface area contributed by atoms with Crippen LogP contribution in [0.1, 0.15) is 13.3 Å². The highest BCUT2D eigenvalue weighted by Crippen LogP contribution is 2.10. The summed E-state index contributed by atoms with van der Waals surface area (Å²) in [5, 5.41) is 17.5. The maximum Gasteiger partial charge on any atom is 0.343 e. The average molecular weight is 178 g/mol. The topological polar surface area (TPSA) is 136 Å². The molecular formula is C6H14N2O4. The number of aliphatic hydroxyl groups is 1. The fourth-order valence-corrected chi connectivity index (χ4v) is 0.637. The first-order valence-corrected chi connectivity index (χ1v) is 3.18. The van der Waals surface area contributed by atoms with E-state index in [-0.39, 0.29) is 12.6 Å². The zero-order valence-electron chi connectivity index (χ0n) is 6.91. The van der Waals surface area contributed by atoms with E-state index >= 15 is 0 Å². The zero-order chi connectivity index (χ0) is 9.07. The third kappa shape index (κ3) is 2.26. The van der Waals surface area contributed by atoms with Gasteiger partial charge in [-0.1, -0.05) is 6.92 Å². The SMILES string of the molecule is CCC(O)(C(=O)O)C(=O)CN.N. The summed E-state index contributed by atoms with van der Waals surface area (Å²) in [6, 6.07) is 0. The Morgan fingerprint density at radius 2 is 1.92 bits per heavy atom. The number of aliphatic carboxylic acids is 1. The molecule has 0 bridgehead atoms. The summed E-state index contributed by atoms with van der Waals surface area (Å²) in [5.74, 6) is -2.41. The lowest BCUT2D eigenvalue weighted by Gasteiger charge is -2.18. The first-order chi connectivity index (χ1) is 4.99. The van der Waals surface area contributed by atoms with E-state index in [0.717, 1.165) is 0 Å². The Balaban J connectivity index is 0. The second kappa shape index (κ2) is 4.81. The maximum atomic E-state index is 10.8. The van der Waals surface area contributed by atoms with Crippen molar-refractivity contribution in [2.45, 2.75) is 18.9 Å². The van der Waals surface area contributed by atoms with Crippen molar-refractivity contribution in [2.24, 2.45) is 5.73 Å². The van der Waals surface area contributed by atoms with Crippen LogP contribution in [0.15, 0.2) is 0 Å². The summed E-state index contributed by atoms with van der Waals surface area (Å²) in [6.45, 7) is 0.943. The number of Topliss-reactive ketones (excluding diaryl/α,β-unsaturated/α-hetero) is 1. The molecule has 6 nitrogen and oxygen atoms in total. The third-order valence-electron chi connectivity index (χ3n) is 1.51. The van der Waals surface area contributed by atoms with Crippen LogP contribution in [0, 0.1) is 0 Å². The summed E-state index contributed by atoms with van der Waals surface area (Å²) in [7, 11) is 0. The van der Waals surface area contributed by atoms with Crippen LogP contribution in [-0.2, 0) is 9.59 Å². The van der Waals surface area contributed by atoms with E-state index in [4.69, 9.17) is 15.9 Å². The van der Waals surface area contributed by atoms with Crippen LogP contribution in [0.5, 0.6) is 0 Å². The highest BCUT2D eigenvalue weighted by Gasteiger charge is 2.40. The van der Waals surface area contributed by atoms with E-state index in [9.17, 15) is 9.59 Å². The van der Waals surface area contributed by atoms with Gasteiger partial charge in [-0.15, -0.1) is 0 Å². The smallest absolute Gasteiger partial charge is 0.343 e. The number of carboxylic acids is 1. The molecule has 72 valence electrons. The van der Waals surface area contributed by atoms with Gasteiger partial charge < -0.3 is 22.1 Å². The van der Waals surface area contributed by atoms with Crippen molar-refractivity contribution in [3.05, 3.63) is 0 Å². The fourth-order valence-electron chi connectivity index (χ4n) is 0.637. The lowest BCUT2D eigenvalue weighted by molar-refractivity contribution is -0.164. The monoisotopic (exact) mass is 178 g/mol. The Hall–Kier alpha value is -0.980. The van der Waals surface area contributed by atoms with E-state index in [2.05, 4.69) is 0 Å². The second-order valence-corrected chi connectivity index (χ2v) is 2.15. The molecule has 0 saturated carbocycles. The lowest BCUT2D eigenvalue weighted by Crippen LogP contribution is -2.48. The van der Waals surface area contributed by atoms with E-state index in [1.807, 2.05) is 0 Å². The summed E-state index contributed by atoms with van der Waals surface area (Å²) in [4.78, 5) is 21.1. The van der Waals surface area contributed by atoms with E-state index in [1.54, 1.807) is 0 Å². The van der Waals surface area contributed by atoms with E-state index in [1.165, 1.54) is 6.92 Å². The average Bonchev–Trinajstić information content (AvgIpc) is 2.01. The van der Waals surface area contributed by atoms with Crippen molar-refractivity contribution in [2.75, 3.05) is 6.54 Å². The summed E-state index contributed by atoms with van der Waals surface area (Å²) >= 11 is 0. The van der Waals surface area contributed by atoms with Crippen LogP contribution in [0.25, 0.3) is 0 Å². The molecule has 0 aromatic rings. The molecule has 0 saturated heterocycles. The van der Waals surface area contributed by atoms with Gasteiger partial charge in [0, 0.05) is 0 Å². The van der Waals surface area contributed by atoms with Gasteiger partial charge in [-0.05, 0) is 6.42 Å². The molecule has 0 radical (unpaired) electrons. The standard InChI is InChI=1S/C6H11NO4.H3N/c1-2-6(11,5(9)10)4(8)3-7;/h11H,2-3,7H2,1H3,(H,9,10);1H3. The number of hydrogen-bond acceptors (Lipinski definition) is 5. The first kappa shape index (κ1) is 13.6. The molecule has 0 fully saturated rings. The molecule has 0 aromatic heterocycles. The molecule has 0 spiro atoms. The molecule has 0 rings (SSSR count). The van der Waals surface area contributed by atoms with Gasteiger partial charge in [0.2, 0.25) is 5.60 Å². The Morgan fingerprint density at radius 3 is 2.00 bits per heavy atom. The molecule has 0 aliphatic rings. The molecule has 6 heteroatoms. The van der Waals surface area contributed by atoms with Crippen molar-refractivity contribution in [3.8, 4) is 0 Å². The van der Waals surface area contributed by atoms with Crippen LogP contribution in [0.2, 0.25) is 0 Å². The molecule has 0 aliphatic carbocycles. The van der Waals surface area contributed by atoms with Gasteiger partial charge in [-0.3, -0.25) is 4.79 Å². The molecule has 0 heterocycles. The molecule has 0 aromatic carbocycles. The van der Waals surface area contributed by atoms with Crippen LogP contribution >= 0.6 is 0 Å². The highest BCUT2D eigenvalue weighted by atomic mass is 16.4. The number of nitrogens with two attached hydrogens (primary N) is 1. The van der Waals surface area contributed by atoms with E-state index < -0.39 is 23.9 Å². The minimum atomic E-state index is -2.30. The number of hydrogen-bond donors (Lipinski definition) is 4. The third-order valence-corrected chi connectivity index (χ3v) is 1.51. The van der Waals surface area contributed by atoms with Crippen molar-refractivity contribution in [1.82, 2.24) is 6.15 Å². The normalized spacial score (nSPS) is 14.2. The molecule has 0 aliphatic heterocycles. The number of carbonyl (C=O) groups excluding carboxylic acids is 1. The van der Waals surface area contributed by atoms with Gasteiger partial charge in [0.05, 0.1) is 6.54 Å². The highest BCUT2D eigenvalue weighted by molar-refractivity contribution is 6.06. The van der Waals surface area contributed by atoms with Crippen molar-refractivity contribution < 1.29 is 19.8 Å². The van der Waals surface area contributed by atoms with Gasteiger partial charge in [-0.25, -0.2) is 4.79 Å². The Bertz CT molecular complexity index is 182. The number of ketones is 1. The van der Waals surface area contributed by atoms with Gasteiger partial charge in [0.1, 0.15) is 0 Å². The Kier molecular flexibility index (Phi) is 5.45. The van der Waals surface area contributed by atoms with Crippen LogP contribution in [0.4, 0.5) is 0 Å². The molecular weight excluding hydrogens is 164 g/mol. The fraction of sp³-hybridized carbons (Fsp3) is 0.667. The minimum absolute atomic E-state index is 0. The summed E-state index contributed by atoms with van der Waals surface area (Å²) < 4.78 is 0. The molecule has 1 unspecified atom stereocenters. The van der Waals surface area contributed by atoms with Crippen LogP contribution < -0.4 is 11.9 Å². The first-order valence-electron chi connectivity index (χ1n) is 3.18. The van der Waals surface area contributed by atoms with Crippen molar-refractivity contribution in [1.29, 1.82) is 0 Å². The zero-order valence-corrected chi connectivity index (χ0v) is 6.91. The van der Waals surface area contributed by atoms with Gasteiger partial charge in [0.15, 0.2) is 5.78 Å². The van der Waals surface area contributed by atoms with Crippen LogP contribution in [-0.4, -0.2) is 34.1 Å². The second-order valence-electron chi connectivity index (χ2n) is 2.15. The van der Waals surface area contributed by atoms with Gasteiger partial charge in [-0.2, -0.15) is 0 Å². The number of carboxylic acid groups (broad SMARTS) is 1. The van der Waals surface area contributed by atoms with Gasteiger partial charge >= 0.3 is 5.97 Å². The quantitative estimate of drug-likeness (QED) is 0.403. The number of rotatable bonds is 4. The molecule has 0 amide bonds. The van der Waals surface area contributed by atoms with E-state index in [0.29, 0.717) is 0 Å². The Morgan fingerprint density at radius 1 is 1.50 bits per heavy atom. The van der Waals surface area contributed by atoms with Gasteiger partial charge in [0.25, 0.3) is 0 Å². The van der Waals surface area contributed by atoms with Crippen molar-refractivity contribution in [3.63, 3.8) is 0 Å². The summed E-state index contributed by atoms with van der Waals surface area (Å²) in [6.07, 6.45) is -0.168.